The van der Waals surface area contributed by atoms with E-state index in [-0.39, 0.29) is 0 Å². The minimum absolute atomic E-state index is 0.568. The predicted molar refractivity (Wildman–Crippen MR) is 68.8 cm³/mol. The van der Waals surface area contributed by atoms with E-state index in [4.69, 9.17) is 16.3 Å². The normalized spacial score (nSPS) is 12.5. The molecule has 0 saturated carbocycles. The second-order valence-corrected chi connectivity index (χ2v) is 4.75. The van der Waals surface area contributed by atoms with Crippen molar-refractivity contribution in [3.63, 3.8) is 0 Å². The van der Waals surface area contributed by atoms with Gasteiger partial charge < -0.3 is 4.74 Å². The van der Waals surface area contributed by atoms with Crippen molar-refractivity contribution in [3.8, 4) is 5.75 Å². The molecule has 3 heteroatoms. The van der Waals surface area contributed by atoms with Gasteiger partial charge in [-0.25, -0.2) is 0 Å². The van der Waals surface area contributed by atoms with Crippen molar-refractivity contribution in [2.75, 3.05) is 12.5 Å². The van der Waals surface area contributed by atoms with Gasteiger partial charge in [0.2, 0.25) is 0 Å². The van der Waals surface area contributed by atoms with Crippen LogP contribution in [-0.4, -0.2) is 12.5 Å². The first kappa shape index (κ1) is 12.9. The van der Waals surface area contributed by atoms with Crippen LogP contribution in [0.25, 0.3) is 0 Å². The summed E-state index contributed by atoms with van der Waals surface area (Å²) in [5.74, 6) is 2.20. The molecule has 0 heterocycles. The molecule has 0 aliphatic rings. The molecule has 1 unspecified atom stereocenters. The fourth-order valence-corrected chi connectivity index (χ4v) is 2.04. The van der Waals surface area contributed by atoms with Gasteiger partial charge in [-0.1, -0.05) is 35.3 Å². The van der Waals surface area contributed by atoms with Crippen molar-refractivity contribution in [2.45, 2.75) is 19.8 Å². The maximum atomic E-state index is 5.81. The molecule has 0 bridgehead atoms. The first-order valence-electron chi connectivity index (χ1n) is 5.20. The summed E-state index contributed by atoms with van der Waals surface area (Å²) in [4.78, 5) is 0. The van der Waals surface area contributed by atoms with Crippen molar-refractivity contribution in [1.82, 2.24) is 0 Å². The molecule has 84 valence electrons. The fourth-order valence-electron chi connectivity index (χ4n) is 1.29. The zero-order valence-corrected chi connectivity index (χ0v) is 11.2. The van der Waals surface area contributed by atoms with Crippen LogP contribution in [0, 0.1) is 5.92 Å². The highest BCUT2D eigenvalue weighted by molar-refractivity contribution is 9.10. The minimum atomic E-state index is 0.568. The molecule has 1 aromatic carbocycles. The average Bonchev–Trinajstić information content (AvgIpc) is 2.25. The third-order valence-electron chi connectivity index (χ3n) is 2.39. The van der Waals surface area contributed by atoms with Crippen molar-refractivity contribution in [2.24, 2.45) is 5.92 Å². The van der Waals surface area contributed by atoms with Gasteiger partial charge in [-0.3, -0.25) is 0 Å². The number of alkyl halides is 1. The Morgan fingerprint density at radius 2 is 2.27 bits per heavy atom. The Morgan fingerprint density at radius 3 is 2.87 bits per heavy atom. The third kappa shape index (κ3) is 4.89. The molecule has 0 saturated heterocycles. The van der Waals surface area contributed by atoms with Gasteiger partial charge in [-0.15, -0.1) is 11.6 Å². The lowest BCUT2D eigenvalue weighted by atomic mass is 10.1. The summed E-state index contributed by atoms with van der Waals surface area (Å²) < 4.78 is 6.68. The van der Waals surface area contributed by atoms with E-state index in [2.05, 4.69) is 22.9 Å². The van der Waals surface area contributed by atoms with Crippen LogP contribution < -0.4 is 4.74 Å². The van der Waals surface area contributed by atoms with Crippen LogP contribution in [0.1, 0.15) is 19.8 Å². The number of benzene rings is 1. The topological polar surface area (TPSA) is 9.23 Å². The minimum Gasteiger partial charge on any atom is -0.494 e. The summed E-state index contributed by atoms with van der Waals surface area (Å²) >= 11 is 9.22. The van der Waals surface area contributed by atoms with Gasteiger partial charge in [-0.2, -0.15) is 0 Å². The molecule has 1 rings (SSSR count). The number of halogens is 2. The predicted octanol–water partition coefficient (Wildman–Crippen LogP) is 4.48. The highest BCUT2D eigenvalue weighted by Crippen LogP contribution is 2.18. The van der Waals surface area contributed by atoms with E-state index in [1.54, 1.807) is 0 Å². The number of hydrogen-bond donors (Lipinski definition) is 0. The van der Waals surface area contributed by atoms with E-state index >= 15 is 0 Å². The quantitative estimate of drug-likeness (QED) is 0.702. The molecule has 0 spiro atoms. The molecule has 15 heavy (non-hydrogen) atoms. The maximum absolute atomic E-state index is 5.81. The number of hydrogen-bond acceptors (Lipinski definition) is 1. The van der Waals surface area contributed by atoms with Crippen LogP contribution in [-0.2, 0) is 0 Å². The molecule has 0 fully saturated rings. The van der Waals surface area contributed by atoms with Crippen molar-refractivity contribution >= 4 is 27.5 Å². The molecule has 1 atom stereocenters. The summed E-state index contributed by atoms with van der Waals surface area (Å²) in [7, 11) is 0. The lowest BCUT2D eigenvalue weighted by molar-refractivity contribution is 0.282. The fraction of sp³-hybridized carbons (Fsp3) is 0.500. The van der Waals surface area contributed by atoms with Gasteiger partial charge in [-0.05, 0) is 30.5 Å². The van der Waals surface area contributed by atoms with Gasteiger partial charge in [0.05, 0.1) is 6.61 Å². The SMILES string of the molecule is CCC(CCl)CCOc1cccc(Br)c1. The van der Waals surface area contributed by atoms with Crippen LogP contribution in [0.5, 0.6) is 5.75 Å². The Kier molecular flexibility index (Phi) is 6.11. The first-order valence-corrected chi connectivity index (χ1v) is 6.53. The zero-order chi connectivity index (χ0) is 11.1. The molecule has 1 nitrogen and oxygen atoms in total. The first-order chi connectivity index (χ1) is 7.26. The van der Waals surface area contributed by atoms with Crippen molar-refractivity contribution in [3.05, 3.63) is 28.7 Å². The molecule has 0 radical (unpaired) electrons. The summed E-state index contributed by atoms with van der Waals surface area (Å²) in [6.07, 6.45) is 2.14. The van der Waals surface area contributed by atoms with Crippen LogP contribution in [0.15, 0.2) is 28.7 Å². The number of rotatable bonds is 6. The second kappa shape index (κ2) is 7.13. The van der Waals surface area contributed by atoms with Crippen LogP contribution in [0.4, 0.5) is 0 Å². The maximum Gasteiger partial charge on any atom is 0.120 e. The Hall–Kier alpha value is -0.210. The lowest BCUT2D eigenvalue weighted by Gasteiger charge is -2.12. The zero-order valence-electron chi connectivity index (χ0n) is 8.88. The Bertz CT molecular complexity index is 287. The standard InChI is InChI=1S/C12H16BrClO/c1-2-10(9-14)6-7-15-12-5-3-4-11(13)8-12/h3-5,8,10H,2,6-7,9H2,1H3. The van der Waals surface area contributed by atoms with Crippen LogP contribution >= 0.6 is 27.5 Å². The van der Waals surface area contributed by atoms with Crippen molar-refractivity contribution in [1.29, 1.82) is 0 Å². The van der Waals surface area contributed by atoms with E-state index < -0.39 is 0 Å². The smallest absolute Gasteiger partial charge is 0.120 e. The Morgan fingerprint density at radius 1 is 1.47 bits per heavy atom. The monoisotopic (exact) mass is 290 g/mol. The van der Waals surface area contributed by atoms with Crippen LogP contribution in [0.3, 0.4) is 0 Å². The summed E-state index contributed by atoms with van der Waals surface area (Å²) in [6, 6.07) is 7.90. The van der Waals surface area contributed by atoms with E-state index in [0.29, 0.717) is 5.92 Å². The molecular formula is C12H16BrClO. The summed E-state index contributed by atoms with van der Waals surface area (Å²) in [6.45, 7) is 2.90. The van der Waals surface area contributed by atoms with Crippen molar-refractivity contribution < 1.29 is 4.74 Å². The largest absolute Gasteiger partial charge is 0.494 e. The molecule has 0 aliphatic heterocycles. The Labute approximate surface area is 105 Å². The van der Waals surface area contributed by atoms with Crippen LogP contribution in [0.2, 0.25) is 0 Å². The van der Waals surface area contributed by atoms with E-state index in [1.165, 1.54) is 0 Å². The third-order valence-corrected chi connectivity index (χ3v) is 3.32. The molecule has 0 amide bonds. The van der Waals surface area contributed by atoms with E-state index in [9.17, 15) is 0 Å². The Balaban J connectivity index is 2.31. The lowest BCUT2D eigenvalue weighted by Crippen LogP contribution is -2.07. The summed E-state index contributed by atoms with van der Waals surface area (Å²) in [5.41, 5.74) is 0. The van der Waals surface area contributed by atoms with Gasteiger partial charge in [0.15, 0.2) is 0 Å². The molecule has 0 aromatic heterocycles. The molecule has 0 aliphatic carbocycles. The van der Waals surface area contributed by atoms with Gasteiger partial charge in [0.1, 0.15) is 5.75 Å². The van der Waals surface area contributed by atoms with E-state index in [0.717, 1.165) is 35.6 Å². The highest BCUT2D eigenvalue weighted by Gasteiger charge is 2.04. The molecule has 0 N–H and O–H groups in total. The van der Waals surface area contributed by atoms with Gasteiger partial charge in [0.25, 0.3) is 0 Å². The average molecular weight is 292 g/mol. The van der Waals surface area contributed by atoms with Gasteiger partial charge in [0, 0.05) is 10.4 Å². The molecular weight excluding hydrogens is 275 g/mol. The second-order valence-electron chi connectivity index (χ2n) is 3.52. The van der Waals surface area contributed by atoms with E-state index in [1.807, 2.05) is 24.3 Å². The van der Waals surface area contributed by atoms with Gasteiger partial charge >= 0.3 is 0 Å². The highest BCUT2D eigenvalue weighted by atomic mass is 79.9. The summed E-state index contributed by atoms with van der Waals surface area (Å²) in [5, 5.41) is 0. The molecule has 1 aromatic rings. The number of ether oxygens (including phenoxy) is 1.